The first kappa shape index (κ1) is 20.7. The van der Waals surface area contributed by atoms with Crippen LogP contribution in [0.2, 0.25) is 0 Å². The van der Waals surface area contributed by atoms with E-state index < -0.39 is 0 Å². The highest BCUT2D eigenvalue weighted by atomic mass is 32.2. The number of benzene rings is 1. The van der Waals surface area contributed by atoms with E-state index in [1.807, 2.05) is 54.9 Å². The van der Waals surface area contributed by atoms with Gasteiger partial charge >= 0.3 is 0 Å². The van der Waals surface area contributed by atoms with Crippen LogP contribution in [0, 0.1) is 11.3 Å². The van der Waals surface area contributed by atoms with E-state index in [4.69, 9.17) is 0 Å². The summed E-state index contributed by atoms with van der Waals surface area (Å²) in [6.07, 6.45) is 14.0. The van der Waals surface area contributed by atoms with E-state index >= 15 is 0 Å². The molecule has 5 nitrogen and oxygen atoms in total. The van der Waals surface area contributed by atoms with Crippen molar-refractivity contribution in [2.45, 2.75) is 19.4 Å². The van der Waals surface area contributed by atoms with E-state index in [1.54, 1.807) is 18.0 Å². The van der Waals surface area contributed by atoms with Gasteiger partial charge in [0.15, 0.2) is 0 Å². The number of thioether (sulfide) groups is 1. The molecule has 2 aromatic heterocycles. The zero-order valence-corrected chi connectivity index (χ0v) is 18.1. The van der Waals surface area contributed by atoms with Gasteiger partial charge in [0, 0.05) is 34.2 Å². The van der Waals surface area contributed by atoms with E-state index in [2.05, 4.69) is 50.7 Å². The van der Waals surface area contributed by atoms with Crippen LogP contribution in [0.4, 0.5) is 17.2 Å². The molecule has 0 bridgehead atoms. The molecule has 0 saturated heterocycles. The van der Waals surface area contributed by atoms with Crippen molar-refractivity contribution in [2.75, 3.05) is 16.5 Å². The van der Waals surface area contributed by atoms with E-state index in [1.165, 1.54) is 4.91 Å². The number of aromatic nitrogens is 2. The summed E-state index contributed by atoms with van der Waals surface area (Å²) >= 11 is 1.78. The molecule has 0 aliphatic heterocycles. The summed E-state index contributed by atoms with van der Waals surface area (Å²) in [5.74, 6) is 0.834. The van der Waals surface area contributed by atoms with E-state index in [-0.39, 0.29) is 0 Å². The molecule has 4 rings (SSSR count). The molecule has 0 amide bonds. The molecule has 154 valence electrons. The number of rotatable bonds is 7. The molecule has 0 fully saturated rings. The van der Waals surface area contributed by atoms with Crippen LogP contribution in [-0.2, 0) is 6.54 Å². The Morgan fingerprint density at radius 1 is 1.13 bits per heavy atom. The molecule has 0 atom stereocenters. The minimum atomic E-state index is 0.586. The van der Waals surface area contributed by atoms with E-state index in [0.717, 1.165) is 41.3 Å². The lowest BCUT2D eigenvalue weighted by Crippen LogP contribution is -2.18. The molecule has 1 aliphatic carbocycles. The largest absolute Gasteiger partial charge is 0.339 e. The van der Waals surface area contributed by atoms with Crippen LogP contribution in [-0.4, -0.2) is 16.2 Å². The fourth-order valence-corrected chi connectivity index (χ4v) is 4.19. The van der Waals surface area contributed by atoms with Gasteiger partial charge in [0.2, 0.25) is 0 Å². The number of nitriles is 1. The zero-order chi connectivity index (χ0) is 21.5. The highest BCUT2D eigenvalue weighted by Gasteiger charge is 2.16. The Hall–Kier alpha value is -3.56. The Bertz CT molecular complexity index is 1150. The van der Waals surface area contributed by atoms with Crippen molar-refractivity contribution in [1.29, 1.82) is 5.26 Å². The van der Waals surface area contributed by atoms with Crippen LogP contribution in [0.15, 0.2) is 89.9 Å². The van der Waals surface area contributed by atoms with Crippen molar-refractivity contribution in [2.24, 2.45) is 0 Å². The third kappa shape index (κ3) is 4.96. The van der Waals surface area contributed by atoms with Crippen LogP contribution in [0.1, 0.15) is 24.0 Å². The number of nitrogens with one attached hydrogen (secondary N) is 1. The third-order valence-electron chi connectivity index (χ3n) is 5.09. The maximum Gasteiger partial charge on any atom is 0.135 e. The van der Waals surface area contributed by atoms with Gasteiger partial charge in [-0.1, -0.05) is 18.2 Å². The van der Waals surface area contributed by atoms with Crippen LogP contribution < -0.4 is 10.2 Å². The average Bonchev–Trinajstić information content (AvgIpc) is 2.84. The van der Waals surface area contributed by atoms with Gasteiger partial charge in [0.05, 0.1) is 30.1 Å². The molecular weight excluding hydrogens is 402 g/mol. The minimum absolute atomic E-state index is 0.586. The molecule has 31 heavy (non-hydrogen) atoms. The molecule has 0 unspecified atom stereocenters. The van der Waals surface area contributed by atoms with Crippen LogP contribution in [0.3, 0.4) is 0 Å². The molecule has 0 saturated carbocycles. The SMILES string of the molecule is CSC1=C(Nc2ncccc2CN(c2cccnc2)c2cccc(C#N)c2)C=CCC1. The molecule has 6 heteroatoms. The van der Waals surface area contributed by atoms with Crippen LogP contribution in [0.5, 0.6) is 0 Å². The Balaban J connectivity index is 1.70. The van der Waals surface area contributed by atoms with Gasteiger partial charge in [-0.2, -0.15) is 5.26 Å². The Kier molecular flexibility index (Phi) is 6.65. The van der Waals surface area contributed by atoms with Crippen LogP contribution >= 0.6 is 11.8 Å². The maximum absolute atomic E-state index is 9.36. The van der Waals surface area contributed by atoms with Crippen molar-refractivity contribution < 1.29 is 0 Å². The van der Waals surface area contributed by atoms with Gasteiger partial charge in [-0.15, -0.1) is 11.8 Å². The lowest BCUT2D eigenvalue weighted by molar-refractivity contribution is 0.956. The second-order valence-corrected chi connectivity index (χ2v) is 7.98. The van der Waals surface area contributed by atoms with Gasteiger partial charge in [-0.3, -0.25) is 4.98 Å². The van der Waals surface area contributed by atoms with Crippen molar-refractivity contribution in [3.8, 4) is 6.07 Å². The normalized spacial score (nSPS) is 13.0. The minimum Gasteiger partial charge on any atom is -0.339 e. The fraction of sp³-hybridized carbons (Fsp3) is 0.160. The molecule has 1 aliphatic rings. The van der Waals surface area contributed by atoms with Crippen molar-refractivity contribution in [1.82, 2.24) is 9.97 Å². The van der Waals surface area contributed by atoms with E-state index in [9.17, 15) is 5.26 Å². The number of pyridine rings is 2. The van der Waals surface area contributed by atoms with E-state index in [0.29, 0.717) is 12.1 Å². The lowest BCUT2D eigenvalue weighted by Gasteiger charge is -2.26. The molecule has 0 spiro atoms. The highest BCUT2D eigenvalue weighted by molar-refractivity contribution is 8.02. The second kappa shape index (κ2) is 9.96. The third-order valence-corrected chi connectivity index (χ3v) is 6.00. The number of hydrogen-bond acceptors (Lipinski definition) is 6. The standard InChI is InChI=1S/C25H23N5S/c1-31-24-12-3-2-11-23(24)29-25-20(8-5-14-28-25)18-30(22-10-6-13-27-17-22)21-9-4-7-19(15-21)16-26/h2,4-11,13-15,17H,3,12,18H2,1H3,(H,28,29). The maximum atomic E-state index is 9.36. The molecule has 2 heterocycles. The van der Waals surface area contributed by atoms with Gasteiger partial charge in [-0.25, -0.2) is 4.98 Å². The van der Waals surface area contributed by atoms with Crippen molar-refractivity contribution in [3.05, 3.63) is 101 Å². The zero-order valence-electron chi connectivity index (χ0n) is 17.3. The molecular formula is C25H23N5S. The first-order chi connectivity index (χ1) is 15.3. The predicted octanol–water partition coefficient (Wildman–Crippen LogP) is 6.02. The molecule has 1 aromatic carbocycles. The molecule has 0 radical (unpaired) electrons. The second-order valence-electron chi connectivity index (χ2n) is 7.08. The van der Waals surface area contributed by atoms with Gasteiger partial charge in [0.1, 0.15) is 5.82 Å². The van der Waals surface area contributed by atoms with Gasteiger partial charge in [0.25, 0.3) is 0 Å². The highest BCUT2D eigenvalue weighted by Crippen LogP contribution is 2.31. The summed E-state index contributed by atoms with van der Waals surface area (Å²) in [7, 11) is 0. The summed E-state index contributed by atoms with van der Waals surface area (Å²) in [6, 6.07) is 17.8. The summed E-state index contributed by atoms with van der Waals surface area (Å²) in [4.78, 5) is 12.4. The Morgan fingerprint density at radius 2 is 2.00 bits per heavy atom. The average molecular weight is 426 g/mol. The number of anilines is 3. The Labute approximate surface area is 187 Å². The smallest absolute Gasteiger partial charge is 0.135 e. The summed E-state index contributed by atoms with van der Waals surface area (Å²) in [5.41, 5.74) is 4.68. The summed E-state index contributed by atoms with van der Waals surface area (Å²) in [5, 5.41) is 12.9. The lowest BCUT2D eigenvalue weighted by atomic mass is 10.1. The van der Waals surface area contributed by atoms with Gasteiger partial charge < -0.3 is 10.2 Å². The quantitative estimate of drug-likeness (QED) is 0.499. The topological polar surface area (TPSA) is 64.8 Å². The monoisotopic (exact) mass is 425 g/mol. The number of hydrogen-bond donors (Lipinski definition) is 1. The Morgan fingerprint density at radius 3 is 2.81 bits per heavy atom. The van der Waals surface area contributed by atoms with Crippen LogP contribution in [0.25, 0.3) is 0 Å². The van der Waals surface area contributed by atoms with Crippen molar-refractivity contribution >= 4 is 29.0 Å². The van der Waals surface area contributed by atoms with Crippen molar-refractivity contribution in [3.63, 3.8) is 0 Å². The fourth-order valence-electron chi connectivity index (χ4n) is 3.53. The predicted molar refractivity (Wildman–Crippen MR) is 128 cm³/mol. The van der Waals surface area contributed by atoms with Gasteiger partial charge in [-0.05, 0) is 61.6 Å². The molecule has 1 N–H and O–H groups in total. The molecule has 3 aromatic rings. The summed E-state index contributed by atoms with van der Waals surface area (Å²) in [6.45, 7) is 0.586. The number of allylic oxidation sites excluding steroid dienone is 3. The first-order valence-electron chi connectivity index (χ1n) is 10.1. The number of nitrogens with zero attached hydrogens (tertiary/aromatic N) is 4. The first-order valence-corrected chi connectivity index (χ1v) is 11.3. The summed E-state index contributed by atoms with van der Waals surface area (Å²) < 4.78 is 0.